The summed E-state index contributed by atoms with van der Waals surface area (Å²) in [5, 5.41) is 21.5. The van der Waals surface area contributed by atoms with Crippen molar-refractivity contribution >= 4 is 17.3 Å². The van der Waals surface area contributed by atoms with Gasteiger partial charge in [0.15, 0.2) is 5.75 Å². The van der Waals surface area contributed by atoms with E-state index in [1.54, 1.807) is 0 Å². The van der Waals surface area contributed by atoms with Crippen LogP contribution in [0.25, 0.3) is 0 Å². The first-order valence-electron chi connectivity index (χ1n) is 6.21. The number of nitrogens with zero attached hydrogens (tertiary/aromatic N) is 2. The third-order valence-electron chi connectivity index (χ3n) is 2.87. The SMILES string of the molecule is COc1ccc(C(=O)Oc2ccc([N+](=O)[O-])cc2)cc1[N+](=O)[O-]. The maximum atomic E-state index is 12.0. The van der Waals surface area contributed by atoms with Crippen molar-refractivity contribution < 1.29 is 24.1 Å². The first-order chi connectivity index (χ1) is 10.9. The summed E-state index contributed by atoms with van der Waals surface area (Å²) in [5.74, 6) is -0.731. The molecule has 118 valence electrons. The highest BCUT2D eigenvalue weighted by molar-refractivity contribution is 5.92. The van der Waals surface area contributed by atoms with Gasteiger partial charge in [-0.1, -0.05) is 0 Å². The Morgan fingerprint density at radius 2 is 1.65 bits per heavy atom. The molecule has 0 aliphatic carbocycles. The number of nitro benzene ring substituents is 2. The fourth-order valence-electron chi connectivity index (χ4n) is 1.76. The number of carbonyl (C=O) groups excluding carboxylic acids is 1. The van der Waals surface area contributed by atoms with Crippen LogP contribution in [0.4, 0.5) is 11.4 Å². The highest BCUT2D eigenvalue weighted by Gasteiger charge is 2.19. The van der Waals surface area contributed by atoms with Gasteiger partial charge >= 0.3 is 11.7 Å². The number of nitro groups is 2. The normalized spacial score (nSPS) is 9.96. The molecule has 0 radical (unpaired) electrons. The summed E-state index contributed by atoms with van der Waals surface area (Å²) >= 11 is 0. The minimum atomic E-state index is -0.829. The summed E-state index contributed by atoms with van der Waals surface area (Å²) in [6, 6.07) is 8.51. The molecular formula is C14H10N2O7. The fourth-order valence-corrected chi connectivity index (χ4v) is 1.76. The summed E-state index contributed by atoms with van der Waals surface area (Å²) in [6.45, 7) is 0. The van der Waals surface area contributed by atoms with E-state index < -0.39 is 15.8 Å². The van der Waals surface area contributed by atoms with E-state index in [1.165, 1.54) is 43.5 Å². The number of hydrogen-bond donors (Lipinski definition) is 0. The van der Waals surface area contributed by atoms with Crippen molar-refractivity contribution in [3.8, 4) is 11.5 Å². The minimum absolute atomic E-state index is 0.0156. The molecule has 0 bridgehead atoms. The van der Waals surface area contributed by atoms with Crippen LogP contribution in [0.2, 0.25) is 0 Å². The number of ether oxygens (including phenoxy) is 2. The van der Waals surface area contributed by atoms with Crippen molar-refractivity contribution in [3.05, 3.63) is 68.3 Å². The quantitative estimate of drug-likeness (QED) is 0.359. The summed E-state index contributed by atoms with van der Waals surface area (Å²) in [5.41, 5.74) is -0.564. The van der Waals surface area contributed by atoms with E-state index in [2.05, 4.69) is 0 Å². The van der Waals surface area contributed by atoms with Crippen molar-refractivity contribution in [1.82, 2.24) is 0 Å². The van der Waals surface area contributed by atoms with Crippen LogP contribution in [0.1, 0.15) is 10.4 Å². The molecule has 0 aromatic heterocycles. The molecule has 0 atom stereocenters. The maximum Gasteiger partial charge on any atom is 0.343 e. The van der Waals surface area contributed by atoms with Gasteiger partial charge in [-0.2, -0.15) is 0 Å². The molecule has 0 saturated carbocycles. The van der Waals surface area contributed by atoms with Crippen LogP contribution < -0.4 is 9.47 Å². The van der Waals surface area contributed by atoms with Gasteiger partial charge < -0.3 is 9.47 Å². The molecule has 9 nitrogen and oxygen atoms in total. The highest BCUT2D eigenvalue weighted by atomic mass is 16.6. The standard InChI is InChI=1S/C14H10N2O7/c1-22-13-7-2-9(8-12(13)16(20)21)14(17)23-11-5-3-10(4-6-11)15(18)19/h2-8H,1H3. The van der Waals surface area contributed by atoms with E-state index in [0.717, 1.165) is 6.07 Å². The minimum Gasteiger partial charge on any atom is -0.490 e. The van der Waals surface area contributed by atoms with Crippen molar-refractivity contribution in [3.63, 3.8) is 0 Å². The lowest BCUT2D eigenvalue weighted by molar-refractivity contribution is -0.385. The van der Waals surface area contributed by atoms with E-state index >= 15 is 0 Å². The molecule has 2 rings (SSSR count). The first kappa shape index (κ1) is 15.9. The van der Waals surface area contributed by atoms with Crippen LogP contribution in [0.15, 0.2) is 42.5 Å². The van der Waals surface area contributed by atoms with Gasteiger partial charge in [-0.15, -0.1) is 0 Å². The van der Waals surface area contributed by atoms with Crippen LogP contribution in [-0.2, 0) is 0 Å². The Hall–Kier alpha value is -3.49. The molecular weight excluding hydrogens is 308 g/mol. The number of carbonyl (C=O) groups is 1. The van der Waals surface area contributed by atoms with Gasteiger partial charge in [0.1, 0.15) is 5.75 Å². The Kier molecular flexibility index (Phi) is 4.50. The second-order valence-electron chi connectivity index (χ2n) is 4.28. The predicted octanol–water partition coefficient (Wildman–Crippen LogP) is 2.73. The molecule has 0 unspecified atom stereocenters. The Morgan fingerprint density at radius 3 is 2.17 bits per heavy atom. The van der Waals surface area contributed by atoms with Crippen LogP contribution in [-0.4, -0.2) is 22.9 Å². The lowest BCUT2D eigenvalue weighted by Crippen LogP contribution is -2.09. The number of hydrogen-bond acceptors (Lipinski definition) is 7. The summed E-state index contributed by atoms with van der Waals surface area (Å²) in [4.78, 5) is 32.2. The molecule has 0 spiro atoms. The van der Waals surface area contributed by atoms with E-state index in [1.807, 2.05) is 0 Å². The zero-order valence-corrected chi connectivity index (χ0v) is 11.8. The molecule has 0 amide bonds. The van der Waals surface area contributed by atoms with Gasteiger partial charge in [0, 0.05) is 18.2 Å². The van der Waals surface area contributed by atoms with Crippen LogP contribution >= 0.6 is 0 Å². The van der Waals surface area contributed by atoms with Gasteiger partial charge in [0.05, 0.1) is 22.5 Å². The van der Waals surface area contributed by atoms with Crippen molar-refractivity contribution in [2.75, 3.05) is 7.11 Å². The van der Waals surface area contributed by atoms with Gasteiger partial charge in [-0.25, -0.2) is 4.79 Å². The number of rotatable bonds is 5. The van der Waals surface area contributed by atoms with Gasteiger partial charge in [0.25, 0.3) is 5.69 Å². The molecule has 0 N–H and O–H groups in total. The smallest absolute Gasteiger partial charge is 0.343 e. The molecule has 0 fully saturated rings. The highest BCUT2D eigenvalue weighted by Crippen LogP contribution is 2.28. The summed E-state index contributed by atoms with van der Waals surface area (Å²) in [6.07, 6.45) is 0. The molecule has 0 heterocycles. The number of esters is 1. The second-order valence-corrected chi connectivity index (χ2v) is 4.28. The topological polar surface area (TPSA) is 122 Å². The summed E-state index contributed by atoms with van der Waals surface area (Å²) in [7, 11) is 1.28. The molecule has 0 aliphatic heterocycles. The zero-order valence-electron chi connectivity index (χ0n) is 11.8. The molecule has 2 aromatic rings. The molecule has 9 heteroatoms. The van der Waals surface area contributed by atoms with Crippen molar-refractivity contribution in [1.29, 1.82) is 0 Å². The van der Waals surface area contributed by atoms with Crippen molar-refractivity contribution in [2.24, 2.45) is 0 Å². The number of non-ortho nitro benzene ring substituents is 1. The van der Waals surface area contributed by atoms with Gasteiger partial charge in [-0.3, -0.25) is 20.2 Å². The molecule has 0 saturated heterocycles. The lowest BCUT2D eigenvalue weighted by atomic mass is 10.2. The van der Waals surface area contributed by atoms with E-state index in [4.69, 9.17) is 9.47 Å². The van der Waals surface area contributed by atoms with E-state index in [9.17, 15) is 25.0 Å². The second kappa shape index (κ2) is 6.52. The van der Waals surface area contributed by atoms with Crippen LogP contribution in [0, 0.1) is 20.2 Å². The third-order valence-corrected chi connectivity index (χ3v) is 2.87. The molecule has 2 aromatic carbocycles. The Balaban J connectivity index is 2.22. The summed E-state index contributed by atoms with van der Waals surface area (Å²) < 4.78 is 9.86. The monoisotopic (exact) mass is 318 g/mol. The number of benzene rings is 2. The van der Waals surface area contributed by atoms with E-state index in [0.29, 0.717) is 0 Å². The van der Waals surface area contributed by atoms with Crippen LogP contribution in [0.5, 0.6) is 11.5 Å². The van der Waals surface area contributed by atoms with E-state index in [-0.39, 0.29) is 28.4 Å². The Labute approximate surface area is 129 Å². The maximum absolute atomic E-state index is 12.0. The zero-order chi connectivity index (χ0) is 17.0. The average Bonchev–Trinajstić information content (AvgIpc) is 2.54. The Bertz CT molecular complexity index is 771. The molecule has 0 aliphatic rings. The third kappa shape index (κ3) is 3.59. The fraction of sp³-hybridized carbons (Fsp3) is 0.0714. The van der Waals surface area contributed by atoms with Gasteiger partial charge in [-0.05, 0) is 24.3 Å². The molecule has 23 heavy (non-hydrogen) atoms. The van der Waals surface area contributed by atoms with Crippen molar-refractivity contribution in [2.45, 2.75) is 0 Å². The van der Waals surface area contributed by atoms with Gasteiger partial charge in [0.2, 0.25) is 0 Å². The largest absolute Gasteiger partial charge is 0.490 e. The Morgan fingerprint density at radius 1 is 1.00 bits per heavy atom. The number of methoxy groups -OCH3 is 1. The predicted molar refractivity (Wildman–Crippen MR) is 77.7 cm³/mol. The lowest BCUT2D eigenvalue weighted by Gasteiger charge is -2.06. The average molecular weight is 318 g/mol. The first-order valence-corrected chi connectivity index (χ1v) is 6.21. The van der Waals surface area contributed by atoms with Crippen LogP contribution in [0.3, 0.4) is 0 Å².